The molecular weight excluding hydrogens is 446 g/mol. The molecule has 5 rings (SSSR count). The molecule has 2 aliphatic heterocycles. The van der Waals surface area contributed by atoms with Crippen LogP contribution in [0.2, 0.25) is 0 Å². The molecule has 6 nitrogen and oxygen atoms in total. The molecule has 0 N–H and O–H groups in total. The molecule has 1 amide bonds. The average molecular weight is 476 g/mol. The Bertz CT molecular complexity index is 1270. The van der Waals surface area contributed by atoms with Crippen molar-refractivity contribution in [3.63, 3.8) is 0 Å². The molecule has 0 saturated carbocycles. The quantitative estimate of drug-likeness (QED) is 0.564. The van der Waals surface area contributed by atoms with E-state index in [0.29, 0.717) is 36.6 Å². The van der Waals surface area contributed by atoms with E-state index in [4.69, 9.17) is 0 Å². The summed E-state index contributed by atoms with van der Waals surface area (Å²) >= 11 is 0. The predicted molar refractivity (Wildman–Crippen MR) is 133 cm³/mol. The number of carbonyl (C=O) groups excluding carboxylic acids is 1. The topological polar surface area (TPSA) is 60.9 Å². The molecule has 0 unspecified atom stereocenters. The lowest BCUT2D eigenvalue weighted by Crippen LogP contribution is -2.48. The number of piperazine rings is 1. The fourth-order valence-electron chi connectivity index (χ4n) is 4.89. The maximum absolute atomic E-state index is 13.2. The predicted octanol–water partition coefficient (Wildman–Crippen LogP) is 3.78. The molecule has 34 heavy (non-hydrogen) atoms. The van der Waals surface area contributed by atoms with E-state index in [1.165, 1.54) is 5.56 Å². The minimum Gasteiger partial charge on any atom is -0.305 e. The number of sulfonamides is 1. The minimum absolute atomic E-state index is 0.0312. The third-order valence-electron chi connectivity index (χ3n) is 6.75. The number of anilines is 1. The fraction of sp³-hybridized carbons (Fsp3) is 0.296. The van der Waals surface area contributed by atoms with E-state index < -0.39 is 10.0 Å². The maximum Gasteiger partial charge on any atom is 0.258 e. The van der Waals surface area contributed by atoms with Crippen molar-refractivity contribution in [3.8, 4) is 0 Å². The van der Waals surface area contributed by atoms with Gasteiger partial charge in [0.25, 0.3) is 5.91 Å². The highest BCUT2D eigenvalue weighted by Gasteiger charge is 2.31. The number of para-hydroxylation sites is 1. The smallest absolute Gasteiger partial charge is 0.258 e. The molecule has 1 saturated heterocycles. The van der Waals surface area contributed by atoms with Crippen LogP contribution >= 0.6 is 0 Å². The lowest BCUT2D eigenvalue weighted by Gasteiger charge is -2.34. The highest BCUT2D eigenvalue weighted by molar-refractivity contribution is 7.89. The summed E-state index contributed by atoms with van der Waals surface area (Å²) in [7, 11) is -3.44. The van der Waals surface area contributed by atoms with Crippen molar-refractivity contribution in [1.29, 1.82) is 0 Å². The molecule has 2 heterocycles. The van der Waals surface area contributed by atoms with Gasteiger partial charge in [0.2, 0.25) is 10.0 Å². The van der Waals surface area contributed by atoms with Gasteiger partial charge in [-0.15, -0.1) is 0 Å². The molecule has 2 aliphatic rings. The van der Waals surface area contributed by atoms with E-state index in [1.807, 2.05) is 53.4 Å². The number of nitrogens with zero attached hydrogens (tertiary/aromatic N) is 3. The van der Waals surface area contributed by atoms with Crippen molar-refractivity contribution in [2.75, 3.05) is 31.1 Å². The van der Waals surface area contributed by atoms with E-state index in [9.17, 15) is 13.2 Å². The lowest BCUT2D eigenvalue weighted by molar-refractivity contribution is 0.0981. The first kappa shape index (κ1) is 22.8. The Morgan fingerprint density at radius 1 is 0.853 bits per heavy atom. The van der Waals surface area contributed by atoms with Gasteiger partial charge >= 0.3 is 0 Å². The van der Waals surface area contributed by atoms with Gasteiger partial charge in [-0.1, -0.05) is 48.5 Å². The van der Waals surface area contributed by atoms with Crippen LogP contribution in [0.15, 0.2) is 83.8 Å². The zero-order valence-corrected chi connectivity index (χ0v) is 20.1. The first-order chi connectivity index (χ1) is 16.4. The molecule has 0 aromatic heterocycles. The summed E-state index contributed by atoms with van der Waals surface area (Å²) in [4.78, 5) is 17.7. The Morgan fingerprint density at radius 2 is 1.50 bits per heavy atom. The third kappa shape index (κ3) is 4.39. The molecule has 0 bridgehead atoms. The molecule has 3 aromatic carbocycles. The number of benzene rings is 3. The molecule has 0 spiro atoms. The standard InChI is InChI=1S/C27H29N3O3S/c1-21-19-24-7-5-6-10-26(24)30(21)27(31)23-13-11-22(12-14-23)20-28-15-17-29(18-16-28)34(32,33)25-8-3-2-4-9-25/h2-14,21H,15-20H2,1H3/t21-/m0/s1. The van der Waals surface area contributed by atoms with Crippen molar-refractivity contribution < 1.29 is 13.2 Å². The van der Waals surface area contributed by atoms with Crippen LogP contribution in [0.25, 0.3) is 0 Å². The van der Waals surface area contributed by atoms with Gasteiger partial charge in [-0.2, -0.15) is 4.31 Å². The van der Waals surface area contributed by atoms with Gasteiger partial charge in [0.15, 0.2) is 0 Å². The highest BCUT2D eigenvalue weighted by atomic mass is 32.2. The van der Waals surface area contributed by atoms with E-state index >= 15 is 0 Å². The van der Waals surface area contributed by atoms with E-state index in [-0.39, 0.29) is 11.9 Å². The first-order valence-corrected chi connectivity index (χ1v) is 13.2. The Hall–Kier alpha value is -3.00. The molecule has 3 aromatic rings. The number of carbonyl (C=O) groups is 1. The van der Waals surface area contributed by atoms with Gasteiger partial charge in [0, 0.05) is 50.0 Å². The van der Waals surface area contributed by atoms with Crippen LogP contribution in [0.5, 0.6) is 0 Å². The van der Waals surface area contributed by atoms with Crippen molar-refractivity contribution in [3.05, 3.63) is 95.6 Å². The Balaban J connectivity index is 1.20. The van der Waals surface area contributed by atoms with E-state index in [2.05, 4.69) is 17.9 Å². The Kier molecular flexibility index (Phi) is 6.25. The van der Waals surface area contributed by atoms with Gasteiger partial charge in [0.1, 0.15) is 0 Å². The van der Waals surface area contributed by atoms with Crippen molar-refractivity contribution in [1.82, 2.24) is 9.21 Å². The van der Waals surface area contributed by atoms with Crippen LogP contribution in [0.3, 0.4) is 0 Å². The molecule has 0 aliphatic carbocycles. The molecule has 1 atom stereocenters. The lowest BCUT2D eigenvalue weighted by atomic mass is 10.1. The van der Waals surface area contributed by atoms with Crippen LogP contribution in [-0.4, -0.2) is 55.8 Å². The van der Waals surface area contributed by atoms with Crippen LogP contribution in [0.4, 0.5) is 5.69 Å². The second kappa shape index (κ2) is 9.33. The number of amides is 1. The first-order valence-electron chi connectivity index (χ1n) is 11.7. The number of fused-ring (bicyclic) bond motifs is 1. The average Bonchev–Trinajstić information content (AvgIpc) is 3.20. The number of hydrogen-bond donors (Lipinski definition) is 0. The van der Waals surface area contributed by atoms with Gasteiger partial charge in [-0.25, -0.2) is 8.42 Å². The molecular formula is C27H29N3O3S. The van der Waals surface area contributed by atoms with Crippen LogP contribution in [0.1, 0.15) is 28.4 Å². The SMILES string of the molecule is C[C@H]1Cc2ccccc2N1C(=O)c1ccc(CN2CCN(S(=O)(=O)c3ccccc3)CC2)cc1. The summed E-state index contributed by atoms with van der Waals surface area (Å²) in [5.41, 5.74) is 4.03. The highest BCUT2D eigenvalue weighted by Crippen LogP contribution is 2.33. The van der Waals surface area contributed by atoms with Gasteiger partial charge in [0.05, 0.1) is 4.90 Å². The summed E-state index contributed by atoms with van der Waals surface area (Å²) in [5, 5.41) is 0. The van der Waals surface area contributed by atoms with Crippen LogP contribution < -0.4 is 4.90 Å². The zero-order chi connectivity index (χ0) is 23.7. The normalized spacial score (nSPS) is 19.2. The molecule has 176 valence electrons. The largest absolute Gasteiger partial charge is 0.305 e. The molecule has 7 heteroatoms. The van der Waals surface area contributed by atoms with Crippen molar-refractivity contribution >= 4 is 21.6 Å². The van der Waals surface area contributed by atoms with E-state index in [1.54, 1.807) is 28.6 Å². The molecule has 1 fully saturated rings. The minimum atomic E-state index is -3.44. The second-order valence-electron chi connectivity index (χ2n) is 9.05. The second-order valence-corrected chi connectivity index (χ2v) is 11.0. The van der Waals surface area contributed by atoms with Gasteiger partial charge < -0.3 is 4.90 Å². The van der Waals surface area contributed by atoms with Crippen molar-refractivity contribution in [2.45, 2.75) is 30.8 Å². The number of rotatable bonds is 5. The van der Waals surface area contributed by atoms with E-state index in [0.717, 1.165) is 24.2 Å². The molecule has 0 radical (unpaired) electrons. The van der Waals surface area contributed by atoms with Crippen molar-refractivity contribution in [2.24, 2.45) is 0 Å². The zero-order valence-electron chi connectivity index (χ0n) is 19.3. The summed E-state index contributed by atoms with van der Waals surface area (Å²) in [5.74, 6) is 0.0312. The Morgan fingerprint density at radius 3 is 2.21 bits per heavy atom. The van der Waals surface area contributed by atoms with Crippen LogP contribution in [-0.2, 0) is 23.0 Å². The van der Waals surface area contributed by atoms with Gasteiger partial charge in [-0.05, 0) is 54.8 Å². The summed E-state index contributed by atoms with van der Waals surface area (Å²) in [6.45, 7) is 5.12. The van der Waals surface area contributed by atoms with Gasteiger partial charge in [-0.3, -0.25) is 9.69 Å². The monoisotopic (exact) mass is 475 g/mol. The Labute approximate surface area is 201 Å². The summed E-state index contributed by atoms with van der Waals surface area (Å²) < 4.78 is 27.2. The maximum atomic E-state index is 13.2. The third-order valence-corrected chi connectivity index (χ3v) is 8.66. The number of hydrogen-bond acceptors (Lipinski definition) is 4. The van der Waals surface area contributed by atoms with Crippen LogP contribution in [0, 0.1) is 0 Å². The fourth-order valence-corrected chi connectivity index (χ4v) is 6.34. The summed E-state index contributed by atoms with van der Waals surface area (Å²) in [6.07, 6.45) is 0.881. The summed E-state index contributed by atoms with van der Waals surface area (Å²) in [6, 6.07) is 24.7.